The van der Waals surface area contributed by atoms with Crippen molar-refractivity contribution in [1.82, 2.24) is 29.5 Å². The molecule has 0 fully saturated rings. The van der Waals surface area contributed by atoms with Gasteiger partial charge in [0.05, 0.1) is 0 Å². The summed E-state index contributed by atoms with van der Waals surface area (Å²) in [5.74, 6) is 0.458. The molecule has 0 unspecified atom stereocenters. The van der Waals surface area contributed by atoms with E-state index >= 15 is 0 Å². The van der Waals surface area contributed by atoms with E-state index in [1.54, 1.807) is 10.6 Å². The van der Waals surface area contributed by atoms with Crippen LogP contribution in [0.4, 0.5) is 0 Å². The zero-order valence-corrected chi connectivity index (χ0v) is 11.8. The van der Waals surface area contributed by atoms with Crippen LogP contribution in [0.5, 0.6) is 0 Å². The largest absolute Gasteiger partial charge is 0.254 e. The van der Waals surface area contributed by atoms with Gasteiger partial charge in [-0.3, -0.25) is 0 Å². The van der Waals surface area contributed by atoms with E-state index in [1.807, 2.05) is 19.9 Å². The van der Waals surface area contributed by atoms with E-state index < -0.39 is 0 Å². The van der Waals surface area contributed by atoms with Crippen LogP contribution in [0.15, 0.2) is 28.6 Å². The van der Waals surface area contributed by atoms with Crippen molar-refractivity contribution in [3.63, 3.8) is 0 Å². The second-order valence-electron chi connectivity index (χ2n) is 3.92. The lowest BCUT2D eigenvalue weighted by Gasteiger charge is -2.04. The molecule has 0 saturated heterocycles. The molecule has 19 heavy (non-hydrogen) atoms. The third kappa shape index (κ3) is 2.52. The van der Waals surface area contributed by atoms with Gasteiger partial charge < -0.3 is 0 Å². The van der Waals surface area contributed by atoms with Crippen molar-refractivity contribution in [1.29, 1.82) is 0 Å². The predicted molar refractivity (Wildman–Crippen MR) is 71.4 cm³/mol. The average molecular weight is 293 g/mol. The van der Waals surface area contributed by atoms with Gasteiger partial charge in [-0.05, 0) is 31.7 Å². The molecule has 0 aliphatic carbocycles. The van der Waals surface area contributed by atoms with Crippen LogP contribution >= 0.6 is 23.4 Å². The molecule has 0 aromatic carbocycles. The molecule has 0 atom stereocenters. The Labute approximate surface area is 118 Å². The van der Waals surface area contributed by atoms with Gasteiger partial charge in [0.15, 0.2) is 5.16 Å². The second-order valence-corrected chi connectivity index (χ2v) is 5.30. The molecule has 3 rings (SSSR count). The zero-order valence-electron chi connectivity index (χ0n) is 10.2. The topological polar surface area (TPSA) is 68.9 Å². The van der Waals surface area contributed by atoms with Crippen molar-refractivity contribution in [2.24, 2.45) is 0 Å². The average Bonchev–Trinajstić information content (AvgIpc) is 2.75. The molecule has 96 valence electrons. The van der Waals surface area contributed by atoms with Crippen LogP contribution in [-0.2, 0) is 0 Å². The molecule has 8 heteroatoms. The van der Waals surface area contributed by atoms with Crippen molar-refractivity contribution < 1.29 is 0 Å². The van der Waals surface area contributed by atoms with E-state index in [2.05, 4.69) is 25.0 Å². The zero-order chi connectivity index (χ0) is 13.4. The van der Waals surface area contributed by atoms with Crippen molar-refractivity contribution in [3.05, 3.63) is 35.0 Å². The van der Waals surface area contributed by atoms with Crippen LogP contribution in [-0.4, -0.2) is 29.5 Å². The number of rotatable bonds is 2. The van der Waals surface area contributed by atoms with Crippen molar-refractivity contribution >= 4 is 29.1 Å². The Hall–Kier alpha value is -1.73. The fraction of sp³-hybridized carbons (Fsp3) is 0.182. The number of hydrogen-bond donors (Lipinski definition) is 0. The highest BCUT2D eigenvalue weighted by atomic mass is 35.5. The number of aromatic nitrogens is 6. The van der Waals surface area contributed by atoms with Gasteiger partial charge in [-0.15, -0.1) is 0 Å². The van der Waals surface area contributed by atoms with Gasteiger partial charge in [0, 0.05) is 17.5 Å². The summed E-state index contributed by atoms with van der Waals surface area (Å²) < 4.78 is 1.61. The minimum Gasteiger partial charge on any atom is -0.228 e. The van der Waals surface area contributed by atoms with Gasteiger partial charge in [0.25, 0.3) is 5.78 Å². The maximum atomic E-state index is 5.96. The van der Waals surface area contributed by atoms with Gasteiger partial charge in [0.1, 0.15) is 16.5 Å². The van der Waals surface area contributed by atoms with E-state index in [9.17, 15) is 0 Å². The van der Waals surface area contributed by atoms with E-state index in [0.29, 0.717) is 16.1 Å². The van der Waals surface area contributed by atoms with Crippen molar-refractivity contribution in [2.75, 3.05) is 0 Å². The Morgan fingerprint density at radius 2 is 1.84 bits per heavy atom. The van der Waals surface area contributed by atoms with E-state index in [1.165, 1.54) is 18.1 Å². The highest BCUT2D eigenvalue weighted by Gasteiger charge is 2.10. The number of nitrogens with zero attached hydrogens (tertiary/aromatic N) is 6. The number of fused-ring (bicyclic) bond motifs is 1. The summed E-state index contributed by atoms with van der Waals surface area (Å²) in [4.78, 5) is 16.8. The highest BCUT2D eigenvalue weighted by Crippen LogP contribution is 2.26. The van der Waals surface area contributed by atoms with Crippen LogP contribution in [0.25, 0.3) is 5.78 Å². The molecule has 0 aliphatic heterocycles. The second kappa shape index (κ2) is 4.75. The lowest BCUT2D eigenvalue weighted by atomic mass is 10.4. The SMILES string of the molecule is Cc1cc(C)nc(Sc2cc(Cl)nc3ncnn23)n1. The Morgan fingerprint density at radius 3 is 2.58 bits per heavy atom. The summed E-state index contributed by atoms with van der Waals surface area (Å²) in [6.45, 7) is 3.87. The van der Waals surface area contributed by atoms with Gasteiger partial charge in [-0.2, -0.15) is 19.6 Å². The van der Waals surface area contributed by atoms with Crippen LogP contribution < -0.4 is 0 Å². The summed E-state index contributed by atoms with van der Waals surface area (Å²) in [7, 11) is 0. The number of aryl methyl sites for hydroxylation is 2. The molecule has 0 radical (unpaired) electrons. The lowest BCUT2D eigenvalue weighted by molar-refractivity contribution is 0.832. The first-order valence-corrected chi connectivity index (χ1v) is 6.68. The van der Waals surface area contributed by atoms with Crippen molar-refractivity contribution in [2.45, 2.75) is 24.0 Å². The summed E-state index contributed by atoms with van der Waals surface area (Å²) in [5, 5.41) is 5.90. The summed E-state index contributed by atoms with van der Waals surface area (Å²) in [6, 6.07) is 3.64. The molecule has 0 aliphatic rings. The quantitative estimate of drug-likeness (QED) is 0.533. The first-order chi connectivity index (χ1) is 9.11. The fourth-order valence-corrected chi connectivity index (χ4v) is 2.86. The Kier molecular flexibility index (Phi) is 3.08. The monoisotopic (exact) mass is 292 g/mol. The van der Waals surface area contributed by atoms with Gasteiger partial charge in [-0.1, -0.05) is 11.6 Å². The van der Waals surface area contributed by atoms with Crippen LogP contribution in [0.3, 0.4) is 0 Å². The normalized spacial score (nSPS) is 11.1. The molecule has 6 nitrogen and oxygen atoms in total. The van der Waals surface area contributed by atoms with E-state index in [0.717, 1.165) is 16.4 Å². The summed E-state index contributed by atoms with van der Waals surface area (Å²) in [6.07, 6.45) is 1.44. The minimum absolute atomic E-state index is 0.368. The maximum absolute atomic E-state index is 5.96. The molecular formula is C11H9ClN6S. The van der Waals surface area contributed by atoms with Crippen LogP contribution in [0.1, 0.15) is 11.4 Å². The Balaban J connectivity index is 2.07. The Bertz CT molecular complexity index is 736. The molecule has 0 amide bonds. The smallest absolute Gasteiger partial charge is 0.228 e. The third-order valence-electron chi connectivity index (χ3n) is 2.35. The molecule has 3 heterocycles. The van der Waals surface area contributed by atoms with Gasteiger partial charge in [0.2, 0.25) is 0 Å². The number of halogens is 1. The van der Waals surface area contributed by atoms with Crippen molar-refractivity contribution in [3.8, 4) is 0 Å². The van der Waals surface area contributed by atoms with E-state index in [-0.39, 0.29) is 0 Å². The molecule has 0 saturated carbocycles. The molecule has 0 N–H and O–H groups in total. The van der Waals surface area contributed by atoms with Gasteiger partial charge in [-0.25, -0.2) is 9.97 Å². The lowest BCUT2D eigenvalue weighted by Crippen LogP contribution is -1.98. The van der Waals surface area contributed by atoms with Gasteiger partial charge >= 0.3 is 0 Å². The molecular weight excluding hydrogens is 284 g/mol. The first-order valence-electron chi connectivity index (χ1n) is 5.48. The molecule has 0 bridgehead atoms. The predicted octanol–water partition coefficient (Wildman–Crippen LogP) is 2.34. The standard InChI is InChI=1S/C11H9ClN6S/c1-6-3-7(2)16-11(15-6)19-9-4-8(12)17-10-13-5-14-18(9)10/h3-5H,1-2H3. The van der Waals surface area contributed by atoms with Crippen LogP contribution in [0, 0.1) is 13.8 Å². The maximum Gasteiger partial charge on any atom is 0.254 e. The minimum atomic E-state index is 0.368. The van der Waals surface area contributed by atoms with E-state index in [4.69, 9.17) is 11.6 Å². The summed E-state index contributed by atoms with van der Waals surface area (Å²) >= 11 is 7.34. The Morgan fingerprint density at radius 1 is 1.11 bits per heavy atom. The molecule has 3 aromatic rings. The fourth-order valence-electron chi connectivity index (χ4n) is 1.66. The molecule has 3 aromatic heterocycles. The first kappa shape index (κ1) is 12.3. The van der Waals surface area contributed by atoms with Crippen LogP contribution in [0.2, 0.25) is 5.15 Å². The third-order valence-corrected chi connectivity index (χ3v) is 3.40. The number of hydrogen-bond acceptors (Lipinski definition) is 6. The molecule has 0 spiro atoms. The summed E-state index contributed by atoms with van der Waals surface area (Å²) in [5.41, 5.74) is 1.84. The highest BCUT2D eigenvalue weighted by molar-refractivity contribution is 7.99.